The van der Waals surface area contributed by atoms with Gasteiger partial charge in [0.2, 0.25) is 11.8 Å². The number of nitrogens with one attached hydrogen (secondary N) is 3. The van der Waals surface area contributed by atoms with Crippen LogP contribution in [-0.2, 0) is 16.0 Å². The molecule has 28 heavy (non-hydrogen) atoms. The van der Waals surface area contributed by atoms with Crippen molar-refractivity contribution in [3.8, 4) is 11.3 Å². The third-order valence-electron chi connectivity index (χ3n) is 4.55. The van der Waals surface area contributed by atoms with Crippen LogP contribution in [0, 0.1) is 5.82 Å². The van der Waals surface area contributed by atoms with E-state index in [1.807, 2.05) is 37.3 Å². The monoisotopic (exact) mass is 381 g/mol. The number of benzene rings is 2. The van der Waals surface area contributed by atoms with Gasteiger partial charge in [-0.15, -0.1) is 0 Å². The molecule has 3 aromatic rings. The van der Waals surface area contributed by atoms with E-state index in [1.54, 1.807) is 6.07 Å². The van der Waals surface area contributed by atoms with Crippen LogP contribution in [0.4, 0.5) is 4.39 Å². The Hall–Kier alpha value is -3.15. The van der Waals surface area contributed by atoms with Crippen molar-refractivity contribution in [3.05, 3.63) is 59.9 Å². The summed E-state index contributed by atoms with van der Waals surface area (Å²) in [4.78, 5) is 27.2. The number of H-pyrrole nitrogens is 1. The van der Waals surface area contributed by atoms with Crippen LogP contribution < -0.4 is 10.6 Å². The number of carbonyl (C=O) groups excluding carboxylic acids is 2. The first-order valence-corrected chi connectivity index (χ1v) is 9.47. The first kappa shape index (κ1) is 19.6. The fraction of sp³-hybridized carbons (Fsp3) is 0.273. The molecule has 3 N–H and O–H groups in total. The van der Waals surface area contributed by atoms with E-state index in [1.165, 1.54) is 12.1 Å². The predicted molar refractivity (Wildman–Crippen MR) is 108 cm³/mol. The van der Waals surface area contributed by atoms with Crippen molar-refractivity contribution in [2.45, 2.75) is 26.2 Å². The Morgan fingerprint density at radius 1 is 1.04 bits per heavy atom. The number of amides is 2. The van der Waals surface area contributed by atoms with Gasteiger partial charge in [0.05, 0.1) is 6.54 Å². The highest BCUT2D eigenvalue weighted by Crippen LogP contribution is 2.31. The molecule has 3 rings (SSSR count). The summed E-state index contributed by atoms with van der Waals surface area (Å²) in [5, 5.41) is 6.13. The van der Waals surface area contributed by atoms with Crippen molar-refractivity contribution >= 4 is 22.7 Å². The van der Waals surface area contributed by atoms with Crippen LogP contribution >= 0.6 is 0 Å². The maximum Gasteiger partial charge on any atom is 0.239 e. The van der Waals surface area contributed by atoms with Crippen molar-refractivity contribution in [2.75, 3.05) is 13.1 Å². The molecule has 0 radical (unpaired) electrons. The highest BCUT2D eigenvalue weighted by Gasteiger charge is 2.15. The van der Waals surface area contributed by atoms with Gasteiger partial charge in [0.1, 0.15) is 5.82 Å². The number of aromatic amines is 1. The molecule has 0 bridgehead atoms. The van der Waals surface area contributed by atoms with E-state index in [9.17, 15) is 14.0 Å². The summed E-state index contributed by atoms with van der Waals surface area (Å²) in [5.74, 6) is -0.727. The Bertz CT molecular complexity index is 967. The molecule has 0 spiro atoms. The third-order valence-corrected chi connectivity index (χ3v) is 4.55. The lowest BCUT2D eigenvalue weighted by molar-refractivity contribution is -0.126. The fourth-order valence-electron chi connectivity index (χ4n) is 3.16. The zero-order chi connectivity index (χ0) is 19.9. The summed E-state index contributed by atoms with van der Waals surface area (Å²) in [7, 11) is 0. The van der Waals surface area contributed by atoms with E-state index in [0.29, 0.717) is 13.0 Å². The Balaban J connectivity index is 1.75. The number of aromatic nitrogens is 1. The number of hydrogen-bond acceptors (Lipinski definition) is 2. The molecule has 0 atom stereocenters. The van der Waals surface area contributed by atoms with E-state index >= 15 is 0 Å². The average molecular weight is 381 g/mol. The molecular weight excluding hydrogens is 357 g/mol. The molecule has 1 heterocycles. The number of fused-ring (bicyclic) bond motifs is 1. The second-order valence-electron chi connectivity index (χ2n) is 6.66. The highest BCUT2D eigenvalue weighted by molar-refractivity contribution is 5.92. The number of rotatable bonds is 8. The smallest absolute Gasteiger partial charge is 0.239 e. The van der Waals surface area contributed by atoms with Gasteiger partial charge in [-0.3, -0.25) is 9.59 Å². The molecule has 0 fully saturated rings. The lowest BCUT2D eigenvalue weighted by atomic mass is 10.0. The summed E-state index contributed by atoms with van der Waals surface area (Å²) in [6, 6.07) is 14.4. The summed E-state index contributed by atoms with van der Waals surface area (Å²) in [5.41, 5.74) is 3.59. The van der Waals surface area contributed by atoms with Crippen LogP contribution in [0.15, 0.2) is 48.5 Å². The summed E-state index contributed by atoms with van der Waals surface area (Å²) >= 11 is 0. The van der Waals surface area contributed by atoms with Crippen molar-refractivity contribution < 1.29 is 14.0 Å². The number of carbonyl (C=O) groups is 2. The number of hydrogen-bond donors (Lipinski definition) is 3. The Morgan fingerprint density at radius 3 is 2.57 bits per heavy atom. The van der Waals surface area contributed by atoms with Gasteiger partial charge in [0.25, 0.3) is 0 Å². The van der Waals surface area contributed by atoms with Gasteiger partial charge in [-0.05, 0) is 42.2 Å². The molecule has 1 aromatic heterocycles. The zero-order valence-electron chi connectivity index (χ0n) is 15.8. The second kappa shape index (κ2) is 9.17. The molecule has 146 valence electrons. The molecule has 0 unspecified atom stereocenters. The Morgan fingerprint density at radius 2 is 1.82 bits per heavy atom. The minimum absolute atomic E-state index is 0.0348. The fourth-order valence-corrected chi connectivity index (χ4v) is 3.16. The standard InChI is InChI=1S/C22H24FN3O2/c1-2-12-24-21(28)14-25-20(27)11-9-17-18-13-16(23)8-10-19(18)26-22(17)15-6-4-3-5-7-15/h3-8,10,13,26H,2,9,11-12,14H2,1H3,(H,24,28)(H,25,27). The van der Waals surface area contributed by atoms with Gasteiger partial charge in [-0.25, -0.2) is 4.39 Å². The van der Waals surface area contributed by atoms with Gasteiger partial charge in [0.15, 0.2) is 0 Å². The number of aryl methyl sites for hydroxylation is 1. The zero-order valence-corrected chi connectivity index (χ0v) is 15.8. The normalized spacial score (nSPS) is 10.8. The van der Waals surface area contributed by atoms with Crippen molar-refractivity contribution in [3.63, 3.8) is 0 Å². The van der Waals surface area contributed by atoms with Gasteiger partial charge in [-0.2, -0.15) is 0 Å². The minimum Gasteiger partial charge on any atom is -0.355 e. The SMILES string of the molecule is CCCNC(=O)CNC(=O)CCc1c(-c2ccccc2)[nH]c2ccc(F)cc12. The van der Waals surface area contributed by atoms with Crippen LogP contribution in [0.2, 0.25) is 0 Å². The summed E-state index contributed by atoms with van der Waals surface area (Å²) < 4.78 is 13.8. The van der Waals surface area contributed by atoms with Crippen molar-refractivity contribution in [1.82, 2.24) is 15.6 Å². The quantitative estimate of drug-likeness (QED) is 0.558. The second-order valence-corrected chi connectivity index (χ2v) is 6.66. The van der Waals surface area contributed by atoms with Crippen LogP contribution in [0.3, 0.4) is 0 Å². The van der Waals surface area contributed by atoms with E-state index < -0.39 is 0 Å². The topological polar surface area (TPSA) is 74.0 Å². The molecule has 6 heteroatoms. The van der Waals surface area contributed by atoms with Gasteiger partial charge in [0, 0.05) is 29.6 Å². The molecule has 0 aliphatic carbocycles. The molecule has 2 amide bonds. The maximum absolute atomic E-state index is 13.8. The predicted octanol–water partition coefficient (Wildman–Crippen LogP) is 3.55. The van der Waals surface area contributed by atoms with Crippen LogP contribution in [0.25, 0.3) is 22.2 Å². The van der Waals surface area contributed by atoms with Crippen LogP contribution in [0.5, 0.6) is 0 Å². The minimum atomic E-state index is -0.315. The first-order valence-electron chi connectivity index (χ1n) is 9.47. The van der Waals surface area contributed by atoms with E-state index in [4.69, 9.17) is 0 Å². The van der Waals surface area contributed by atoms with E-state index in [2.05, 4.69) is 15.6 Å². The molecule has 2 aromatic carbocycles. The van der Waals surface area contributed by atoms with Crippen LogP contribution in [0.1, 0.15) is 25.3 Å². The van der Waals surface area contributed by atoms with Crippen molar-refractivity contribution in [1.29, 1.82) is 0 Å². The van der Waals surface area contributed by atoms with Gasteiger partial charge in [-0.1, -0.05) is 37.3 Å². The van der Waals surface area contributed by atoms with Gasteiger partial charge < -0.3 is 15.6 Å². The molecule has 0 saturated carbocycles. The summed E-state index contributed by atoms with van der Waals surface area (Å²) in [6.45, 7) is 2.52. The Kier molecular flexibility index (Phi) is 6.42. The van der Waals surface area contributed by atoms with E-state index in [-0.39, 0.29) is 30.6 Å². The lowest BCUT2D eigenvalue weighted by Gasteiger charge is -2.08. The third kappa shape index (κ3) is 4.76. The average Bonchev–Trinajstić information content (AvgIpc) is 3.07. The maximum atomic E-state index is 13.8. The first-order chi connectivity index (χ1) is 13.6. The summed E-state index contributed by atoms with van der Waals surface area (Å²) in [6.07, 6.45) is 1.50. The van der Waals surface area contributed by atoms with E-state index in [0.717, 1.165) is 34.1 Å². The molecule has 0 aliphatic rings. The molecule has 5 nitrogen and oxygen atoms in total. The Labute approximate surface area is 163 Å². The van der Waals surface area contributed by atoms with Gasteiger partial charge >= 0.3 is 0 Å². The van der Waals surface area contributed by atoms with Crippen molar-refractivity contribution in [2.24, 2.45) is 0 Å². The highest BCUT2D eigenvalue weighted by atomic mass is 19.1. The molecular formula is C22H24FN3O2. The lowest BCUT2D eigenvalue weighted by Crippen LogP contribution is -2.37. The van der Waals surface area contributed by atoms with Crippen LogP contribution in [-0.4, -0.2) is 29.9 Å². The molecule has 0 aliphatic heterocycles. The molecule has 0 saturated heterocycles. The largest absolute Gasteiger partial charge is 0.355 e. The number of halogens is 1.